The second-order valence-electron chi connectivity index (χ2n) is 16.8. The lowest BCUT2D eigenvalue weighted by atomic mass is 9.98. The number of hydrogen-bond acceptors (Lipinski definition) is 10. The van der Waals surface area contributed by atoms with Crippen LogP contribution in [0, 0.1) is 0 Å². The summed E-state index contributed by atoms with van der Waals surface area (Å²) < 4.78 is 15.6. The summed E-state index contributed by atoms with van der Waals surface area (Å²) in [5.74, 6) is 0.0543. The maximum Gasteiger partial charge on any atom is 0.407 e. The van der Waals surface area contributed by atoms with Gasteiger partial charge in [-0.15, -0.1) is 0 Å². The molecule has 0 atom stereocenters. The minimum absolute atomic E-state index is 0.0590. The highest BCUT2D eigenvalue weighted by Gasteiger charge is 2.29. The highest BCUT2D eigenvalue weighted by Crippen LogP contribution is 2.44. The van der Waals surface area contributed by atoms with Crippen LogP contribution >= 0.6 is 0 Å². The lowest BCUT2D eigenvalue weighted by molar-refractivity contribution is -0.155. The number of ether oxygens (including phenoxy) is 3. The number of fused-ring (bicyclic) bond motifs is 3. The first-order valence-corrected chi connectivity index (χ1v) is 24.0. The fraction of sp³-hybridized carbons (Fsp3) is 0.574. The van der Waals surface area contributed by atoms with Crippen molar-refractivity contribution in [2.75, 3.05) is 47.4 Å². The Hall–Kier alpha value is -4.71. The summed E-state index contributed by atoms with van der Waals surface area (Å²) >= 11 is 0. The Kier molecular flexibility index (Phi) is 38.9. The third kappa shape index (κ3) is 33.4. The Morgan fingerprint density at radius 2 is 1.09 bits per heavy atom. The topological polar surface area (TPSA) is 149 Å². The molecule has 1 amide bonds. The first kappa shape index (κ1) is 60.3. The minimum Gasteiger partial charge on any atom is -0.460 e. The molecule has 1 aliphatic carbocycles. The lowest BCUT2D eigenvalue weighted by Gasteiger charge is -2.19. The summed E-state index contributed by atoms with van der Waals surface area (Å²) in [6.07, 6.45) is 22.0. The van der Waals surface area contributed by atoms with E-state index in [4.69, 9.17) is 14.2 Å². The molecule has 1 aliphatic rings. The van der Waals surface area contributed by atoms with Gasteiger partial charge in [-0.2, -0.15) is 0 Å². The van der Waals surface area contributed by atoms with Gasteiger partial charge >= 0.3 is 12.1 Å². The number of alkyl carbamates (subject to hydrolysis) is 1. The van der Waals surface area contributed by atoms with Crippen molar-refractivity contribution in [2.45, 2.75) is 155 Å². The number of nitrogens with one attached hydrogen (secondary N) is 3. The third-order valence-electron chi connectivity index (χ3n) is 9.97. The Balaban J connectivity index is 0.000000918. The van der Waals surface area contributed by atoms with Crippen molar-refractivity contribution in [2.24, 2.45) is 0 Å². The number of benzene rings is 3. The zero-order chi connectivity index (χ0) is 48.2. The van der Waals surface area contributed by atoms with Crippen molar-refractivity contribution >= 4 is 30.9 Å². The maximum absolute atomic E-state index is 11.7. The van der Waals surface area contributed by atoms with Gasteiger partial charge in [-0.05, 0) is 75.5 Å². The summed E-state index contributed by atoms with van der Waals surface area (Å²) in [6.45, 7) is 10.4. The maximum atomic E-state index is 11.7. The number of carbonyl (C=O) groups excluding carboxylic acids is 5. The van der Waals surface area contributed by atoms with E-state index in [1.165, 1.54) is 98.4 Å². The Morgan fingerprint density at radius 3 is 1.51 bits per heavy atom. The molecule has 0 heterocycles. The van der Waals surface area contributed by atoms with Gasteiger partial charge in [0, 0.05) is 45.4 Å². The fourth-order valence-corrected chi connectivity index (χ4v) is 6.77. The highest BCUT2D eigenvalue weighted by molar-refractivity contribution is 5.79. The summed E-state index contributed by atoms with van der Waals surface area (Å²) in [5, 5.41) is 8.36. The monoisotopic (exact) mass is 904 g/mol. The summed E-state index contributed by atoms with van der Waals surface area (Å²) in [4.78, 5) is 52.0. The van der Waals surface area contributed by atoms with Crippen LogP contribution in [0.2, 0.25) is 0 Å². The average Bonchev–Trinajstić information content (AvgIpc) is 3.62. The third-order valence-corrected chi connectivity index (χ3v) is 9.97. The smallest absolute Gasteiger partial charge is 0.407 e. The summed E-state index contributed by atoms with van der Waals surface area (Å²) in [7, 11) is 5.28. The lowest BCUT2D eigenvalue weighted by Crippen LogP contribution is -2.31. The molecule has 364 valence electrons. The Labute approximate surface area is 392 Å². The predicted octanol–water partition coefficient (Wildman–Crippen LogP) is 11.3. The summed E-state index contributed by atoms with van der Waals surface area (Å²) in [5.41, 5.74) is 5.80. The van der Waals surface area contributed by atoms with Gasteiger partial charge in [0.1, 0.15) is 31.1 Å². The van der Waals surface area contributed by atoms with Gasteiger partial charge in [-0.1, -0.05) is 163 Å². The summed E-state index contributed by atoms with van der Waals surface area (Å²) in [6, 6.07) is 26.7. The molecule has 3 aromatic rings. The normalized spacial score (nSPS) is 10.9. The van der Waals surface area contributed by atoms with E-state index >= 15 is 0 Å². The molecule has 3 aromatic carbocycles. The van der Waals surface area contributed by atoms with Gasteiger partial charge in [0.25, 0.3) is 0 Å². The van der Waals surface area contributed by atoms with Gasteiger partial charge in [-0.3, -0.25) is 4.79 Å². The highest BCUT2D eigenvalue weighted by atomic mass is 16.6. The van der Waals surface area contributed by atoms with E-state index < -0.39 is 0 Å². The second kappa shape index (κ2) is 42.0. The zero-order valence-corrected chi connectivity index (χ0v) is 41.1. The number of hydrogen-bond donors (Lipinski definition) is 3. The molecular formula is C54H85N3O8. The molecule has 0 unspecified atom stereocenters. The van der Waals surface area contributed by atoms with Crippen LogP contribution in [0.1, 0.15) is 159 Å². The first-order chi connectivity index (χ1) is 31.5. The van der Waals surface area contributed by atoms with Crippen LogP contribution in [0.25, 0.3) is 11.1 Å². The van der Waals surface area contributed by atoms with Crippen molar-refractivity contribution in [1.82, 2.24) is 16.0 Å². The van der Waals surface area contributed by atoms with E-state index in [0.717, 1.165) is 51.1 Å². The number of likely N-dealkylation sites (N-methyl/N-ethyl adjacent to an activating group) is 2. The molecule has 11 nitrogen and oxygen atoms in total. The number of aldehydes is 3. The van der Waals surface area contributed by atoms with Crippen LogP contribution in [-0.2, 0) is 40.0 Å². The van der Waals surface area contributed by atoms with Crippen LogP contribution in [0.3, 0.4) is 0 Å². The molecule has 0 aliphatic heterocycles. The van der Waals surface area contributed by atoms with Gasteiger partial charge in [0.05, 0.1) is 13.2 Å². The number of carbonyl (C=O) groups is 5. The van der Waals surface area contributed by atoms with Crippen molar-refractivity contribution in [3.8, 4) is 11.1 Å². The molecule has 0 aromatic heterocycles. The van der Waals surface area contributed by atoms with Gasteiger partial charge in [-0.25, -0.2) is 4.79 Å². The van der Waals surface area contributed by atoms with Crippen molar-refractivity contribution < 1.29 is 38.2 Å². The standard InChI is InChI=1S/C22H42O3.C18H20N2O2.C8H10O.C3H7NO.C3H6O/c1-22(2,3)25-21(24)19-17-15-13-11-9-7-5-4-6-8-10-12-14-16-18-20-23;1-19-10-11-20-18(21)22-12-17-15-8-4-2-6-13(15)14-7-3-5-9-16(14)17;1-9-7-8-5-3-2-4-6-8;1-4-2-3-5;1-2-3-4/h20H,4-19H2,1-3H3;2-9,17,19H,10-12H2,1H3,(H,20,21);2-6H,7H2,1H3;3-4H,2H2,1H3;3H,2H2,1H3. The first-order valence-electron chi connectivity index (χ1n) is 24.0. The Morgan fingerprint density at radius 1 is 0.615 bits per heavy atom. The van der Waals surface area contributed by atoms with Gasteiger partial charge in [0.15, 0.2) is 0 Å². The molecule has 11 heteroatoms. The van der Waals surface area contributed by atoms with Gasteiger partial charge < -0.3 is 44.5 Å². The number of amides is 1. The molecule has 0 fully saturated rings. The SMILES string of the molecule is CC(C)(C)OC(=O)CCCCCCCCCCCCCCCCC=O.CCC=O.CNCC=O.CNCCNC(=O)OCC1c2ccccc2-c2ccccc21.COCc1ccccc1. The number of unbranched alkanes of at least 4 members (excludes halogenated alkanes) is 14. The van der Waals surface area contributed by atoms with E-state index in [1.807, 2.05) is 89.3 Å². The molecular weight excluding hydrogens is 819 g/mol. The molecule has 3 N–H and O–H groups in total. The fourth-order valence-electron chi connectivity index (χ4n) is 6.77. The second-order valence-corrected chi connectivity index (χ2v) is 16.8. The van der Waals surface area contributed by atoms with Crippen molar-refractivity contribution in [3.05, 3.63) is 95.6 Å². The van der Waals surface area contributed by atoms with E-state index in [9.17, 15) is 24.0 Å². The van der Waals surface area contributed by atoms with Crippen LogP contribution in [0.15, 0.2) is 78.9 Å². The number of rotatable bonds is 27. The molecule has 0 saturated heterocycles. The zero-order valence-electron chi connectivity index (χ0n) is 41.1. The average molecular weight is 904 g/mol. The minimum atomic E-state index is -0.364. The number of esters is 1. The predicted molar refractivity (Wildman–Crippen MR) is 266 cm³/mol. The van der Waals surface area contributed by atoms with Crippen molar-refractivity contribution in [3.63, 3.8) is 0 Å². The van der Waals surface area contributed by atoms with E-state index in [1.54, 1.807) is 14.2 Å². The Bertz CT molecular complexity index is 1580. The quantitative estimate of drug-likeness (QED) is 0.0383. The van der Waals surface area contributed by atoms with Crippen LogP contribution in [0.4, 0.5) is 4.79 Å². The van der Waals surface area contributed by atoms with Crippen LogP contribution in [-0.4, -0.2) is 84.0 Å². The molecule has 0 spiro atoms. The van der Waals surface area contributed by atoms with Crippen LogP contribution < -0.4 is 16.0 Å². The molecule has 0 radical (unpaired) electrons. The molecule has 4 rings (SSSR count). The van der Waals surface area contributed by atoms with E-state index in [0.29, 0.717) is 39.1 Å². The van der Waals surface area contributed by atoms with E-state index in [2.05, 4.69) is 40.2 Å². The molecule has 0 bridgehead atoms. The van der Waals surface area contributed by atoms with Gasteiger partial charge in [0.2, 0.25) is 0 Å². The molecule has 0 saturated carbocycles. The van der Waals surface area contributed by atoms with Crippen molar-refractivity contribution in [1.29, 1.82) is 0 Å². The van der Waals surface area contributed by atoms with Crippen LogP contribution in [0.5, 0.6) is 0 Å². The largest absolute Gasteiger partial charge is 0.460 e. The van der Waals surface area contributed by atoms with E-state index in [-0.39, 0.29) is 23.6 Å². The number of methoxy groups -OCH3 is 1. The molecule has 65 heavy (non-hydrogen) atoms.